The quantitative estimate of drug-likeness (QED) is 0.483. The molecule has 19 heavy (non-hydrogen) atoms. The lowest BCUT2D eigenvalue weighted by Gasteiger charge is -2.03. The number of carbonyl (C=O) groups excluding carboxylic acids is 1. The molecule has 0 fully saturated rings. The summed E-state index contributed by atoms with van der Waals surface area (Å²) in [6.45, 7) is 2.00. The Kier molecular flexibility index (Phi) is 3.93. The van der Waals surface area contributed by atoms with Crippen LogP contribution in [0.1, 0.15) is 12.5 Å². The minimum Gasteiger partial charge on any atom is -0.462 e. The average Bonchev–Trinajstić information content (AvgIpc) is 2.83. The molecule has 98 valence electrons. The number of halogens is 1. The Hall–Kier alpha value is -2.19. The molecule has 5 nitrogen and oxygen atoms in total. The number of fused-ring (bicyclic) bond motifs is 1. The first-order valence-electron chi connectivity index (χ1n) is 5.53. The Bertz CT molecular complexity index is 589. The molecule has 0 saturated heterocycles. The maximum absolute atomic E-state index is 11.5. The van der Waals surface area contributed by atoms with Crippen molar-refractivity contribution in [2.75, 3.05) is 13.4 Å². The summed E-state index contributed by atoms with van der Waals surface area (Å²) in [6.07, 6.45) is 1.36. The van der Waals surface area contributed by atoms with Gasteiger partial charge in [-0.05, 0) is 24.6 Å². The molecule has 0 aliphatic carbocycles. The highest BCUT2D eigenvalue weighted by molar-refractivity contribution is 6.32. The van der Waals surface area contributed by atoms with Crippen LogP contribution < -0.4 is 9.47 Å². The molecule has 1 aromatic rings. The molecule has 0 saturated carbocycles. The number of hydrogen-bond acceptors (Lipinski definition) is 5. The van der Waals surface area contributed by atoms with Crippen LogP contribution in [0.3, 0.4) is 0 Å². The molecule has 2 rings (SSSR count). The smallest absolute Gasteiger partial charge is 0.348 e. The monoisotopic (exact) mass is 279 g/mol. The Morgan fingerprint density at radius 2 is 2.21 bits per heavy atom. The number of ether oxygens (including phenoxy) is 3. The minimum absolute atomic E-state index is 0.123. The van der Waals surface area contributed by atoms with Crippen LogP contribution in [0.4, 0.5) is 0 Å². The van der Waals surface area contributed by atoms with E-state index >= 15 is 0 Å². The maximum atomic E-state index is 11.5. The normalized spacial score (nSPS) is 13.0. The van der Waals surface area contributed by atoms with Crippen molar-refractivity contribution in [1.82, 2.24) is 0 Å². The summed E-state index contributed by atoms with van der Waals surface area (Å²) in [7, 11) is 0. The fraction of sp³-hybridized carbons (Fsp3) is 0.231. The van der Waals surface area contributed by atoms with Gasteiger partial charge in [-0.3, -0.25) is 0 Å². The second-order valence-electron chi connectivity index (χ2n) is 3.62. The highest BCUT2D eigenvalue weighted by Crippen LogP contribution is 2.37. The van der Waals surface area contributed by atoms with E-state index in [1.807, 2.05) is 0 Å². The van der Waals surface area contributed by atoms with Crippen LogP contribution in [0.5, 0.6) is 11.5 Å². The number of hydrogen-bond donors (Lipinski definition) is 0. The van der Waals surface area contributed by atoms with Gasteiger partial charge in [-0.2, -0.15) is 5.26 Å². The molecule has 0 amide bonds. The third-order valence-corrected chi connectivity index (χ3v) is 2.73. The zero-order chi connectivity index (χ0) is 13.8. The molecule has 6 heteroatoms. The molecule has 1 aliphatic rings. The summed E-state index contributed by atoms with van der Waals surface area (Å²) in [5.74, 6) is 0.382. The Labute approximate surface area is 114 Å². The maximum Gasteiger partial charge on any atom is 0.348 e. The summed E-state index contributed by atoms with van der Waals surface area (Å²) in [5.41, 5.74) is 0.373. The SMILES string of the molecule is CCOC(=O)/C(C#N)=C\c1cc2c(cc1Cl)OCO2. The second-order valence-corrected chi connectivity index (χ2v) is 4.02. The number of carbonyl (C=O) groups is 1. The molecule has 0 bridgehead atoms. The fourth-order valence-electron chi connectivity index (χ4n) is 1.54. The van der Waals surface area contributed by atoms with Crippen LogP contribution in [0.25, 0.3) is 6.08 Å². The summed E-state index contributed by atoms with van der Waals surface area (Å²) < 4.78 is 15.1. The van der Waals surface area contributed by atoms with Crippen LogP contribution in [-0.4, -0.2) is 19.4 Å². The van der Waals surface area contributed by atoms with E-state index in [0.29, 0.717) is 22.1 Å². The highest BCUT2D eigenvalue weighted by Gasteiger charge is 2.17. The van der Waals surface area contributed by atoms with E-state index in [2.05, 4.69) is 0 Å². The number of esters is 1. The molecule has 0 N–H and O–H groups in total. The van der Waals surface area contributed by atoms with Crippen molar-refractivity contribution in [3.63, 3.8) is 0 Å². The molecule has 0 aromatic heterocycles. The number of nitriles is 1. The van der Waals surface area contributed by atoms with Gasteiger partial charge in [-0.25, -0.2) is 4.79 Å². The summed E-state index contributed by atoms with van der Waals surface area (Å²) in [4.78, 5) is 11.5. The lowest BCUT2D eigenvalue weighted by Crippen LogP contribution is -2.06. The molecule has 0 atom stereocenters. The zero-order valence-electron chi connectivity index (χ0n) is 10.1. The van der Waals surface area contributed by atoms with Gasteiger partial charge in [0.05, 0.1) is 11.6 Å². The van der Waals surface area contributed by atoms with E-state index in [4.69, 9.17) is 31.1 Å². The van der Waals surface area contributed by atoms with E-state index in [-0.39, 0.29) is 19.0 Å². The van der Waals surface area contributed by atoms with Gasteiger partial charge in [0.25, 0.3) is 0 Å². The first-order valence-corrected chi connectivity index (χ1v) is 5.91. The van der Waals surface area contributed by atoms with Crippen LogP contribution in [0.2, 0.25) is 5.02 Å². The van der Waals surface area contributed by atoms with E-state index in [9.17, 15) is 4.79 Å². The van der Waals surface area contributed by atoms with Crippen molar-refractivity contribution < 1.29 is 19.0 Å². The largest absolute Gasteiger partial charge is 0.462 e. The highest BCUT2D eigenvalue weighted by atomic mass is 35.5. The van der Waals surface area contributed by atoms with Gasteiger partial charge in [0.2, 0.25) is 6.79 Å². The van der Waals surface area contributed by atoms with Crippen LogP contribution in [0.15, 0.2) is 17.7 Å². The van der Waals surface area contributed by atoms with Gasteiger partial charge in [-0.1, -0.05) is 11.6 Å². The van der Waals surface area contributed by atoms with Crippen LogP contribution >= 0.6 is 11.6 Å². The lowest BCUT2D eigenvalue weighted by molar-refractivity contribution is -0.137. The Balaban J connectivity index is 2.36. The third kappa shape index (κ3) is 2.80. The van der Waals surface area contributed by atoms with Crippen LogP contribution in [0, 0.1) is 11.3 Å². The minimum atomic E-state index is -0.682. The second kappa shape index (κ2) is 5.63. The van der Waals surface area contributed by atoms with E-state index in [0.717, 1.165) is 0 Å². The average molecular weight is 280 g/mol. The molecule has 0 unspecified atom stereocenters. The summed E-state index contributed by atoms with van der Waals surface area (Å²) in [6, 6.07) is 4.98. The van der Waals surface area contributed by atoms with Gasteiger partial charge in [0.15, 0.2) is 11.5 Å². The van der Waals surface area contributed by atoms with Gasteiger partial charge in [-0.15, -0.1) is 0 Å². The molecular formula is C13H10ClNO4. The number of rotatable bonds is 3. The van der Waals surface area contributed by atoms with Gasteiger partial charge in [0.1, 0.15) is 11.6 Å². The van der Waals surface area contributed by atoms with Gasteiger partial charge in [0, 0.05) is 6.07 Å². The van der Waals surface area contributed by atoms with Crippen molar-refractivity contribution in [3.8, 4) is 17.6 Å². The van der Waals surface area contributed by atoms with Crippen LogP contribution in [-0.2, 0) is 9.53 Å². The fourth-order valence-corrected chi connectivity index (χ4v) is 1.75. The van der Waals surface area contributed by atoms with E-state index in [1.54, 1.807) is 25.1 Å². The van der Waals surface area contributed by atoms with Crippen molar-refractivity contribution in [1.29, 1.82) is 5.26 Å². The Morgan fingerprint density at radius 1 is 1.53 bits per heavy atom. The topological polar surface area (TPSA) is 68.6 Å². The molecule has 1 heterocycles. The predicted octanol–water partition coefficient (Wildman–Crippen LogP) is 2.54. The number of nitrogens with zero attached hydrogens (tertiary/aromatic N) is 1. The van der Waals surface area contributed by atoms with Crippen molar-refractivity contribution in [2.24, 2.45) is 0 Å². The van der Waals surface area contributed by atoms with Crippen molar-refractivity contribution in [3.05, 3.63) is 28.3 Å². The van der Waals surface area contributed by atoms with Crippen molar-refractivity contribution in [2.45, 2.75) is 6.92 Å². The molecule has 0 radical (unpaired) electrons. The zero-order valence-corrected chi connectivity index (χ0v) is 10.9. The first kappa shape index (κ1) is 13.2. The number of benzene rings is 1. The van der Waals surface area contributed by atoms with Crippen molar-refractivity contribution >= 4 is 23.6 Å². The molecular weight excluding hydrogens is 270 g/mol. The van der Waals surface area contributed by atoms with Gasteiger partial charge < -0.3 is 14.2 Å². The van der Waals surface area contributed by atoms with E-state index in [1.165, 1.54) is 6.08 Å². The summed E-state index contributed by atoms with van der Waals surface area (Å²) >= 11 is 6.05. The molecule has 0 spiro atoms. The molecule has 1 aromatic carbocycles. The summed E-state index contributed by atoms with van der Waals surface area (Å²) in [5, 5.41) is 9.31. The standard InChI is InChI=1S/C13H10ClNO4/c1-2-17-13(16)9(6-15)3-8-4-11-12(5-10(8)14)19-7-18-11/h3-5H,2,7H2,1H3/b9-3-. The van der Waals surface area contributed by atoms with E-state index < -0.39 is 5.97 Å². The predicted molar refractivity (Wildman–Crippen MR) is 67.8 cm³/mol. The Morgan fingerprint density at radius 3 is 2.84 bits per heavy atom. The lowest BCUT2D eigenvalue weighted by atomic mass is 10.1. The molecule has 1 aliphatic heterocycles. The third-order valence-electron chi connectivity index (χ3n) is 2.41. The van der Waals surface area contributed by atoms with Gasteiger partial charge >= 0.3 is 5.97 Å². The first-order chi connectivity index (χ1) is 9.15.